The molecule has 2 heterocycles. The van der Waals surface area contributed by atoms with Gasteiger partial charge in [0.05, 0.1) is 0 Å². The fourth-order valence-corrected chi connectivity index (χ4v) is 2.30. The van der Waals surface area contributed by atoms with Crippen molar-refractivity contribution in [3.8, 4) is 28.7 Å². The second-order valence-electron chi connectivity index (χ2n) is 4.73. The lowest BCUT2D eigenvalue weighted by atomic mass is 10.0. The van der Waals surface area contributed by atoms with Crippen molar-refractivity contribution in [2.75, 3.05) is 6.61 Å². The number of benzene rings is 1. The molecule has 0 unspecified atom stereocenters. The van der Waals surface area contributed by atoms with Gasteiger partial charge < -0.3 is 14.2 Å². The Bertz CT molecular complexity index is 867. The van der Waals surface area contributed by atoms with E-state index in [1.807, 2.05) is 6.07 Å². The number of aromatic nitrogens is 1. The summed E-state index contributed by atoms with van der Waals surface area (Å²) in [7, 11) is 0. The number of nitriles is 1. The van der Waals surface area contributed by atoms with Gasteiger partial charge in [-0.15, -0.1) is 8.78 Å². The zero-order valence-electron chi connectivity index (χ0n) is 12.2. The number of para-hydroxylation sites is 1. The van der Waals surface area contributed by atoms with Gasteiger partial charge in [-0.25, -0.2) is 9.36 Å². The zero-order valence-corrected chi connectivity index (χ0v) is 12.2. The fourth-order valence-electron chi connectivity index (χ4n) is 2.30. The Balaban J connectivity index is 2.06. The van der Waals surface area contributed by atoms with E-state index in [1.54, 1.807) is 0 Å². The molecular weight excluding hydrogens is 322 g/mol. The smallest absolute Gasteiger partial charge is 0.445 e. The summed E-state index contributed by atoms with van der Waals surface area (Å²) in [6.07, 6.45) is -1.87. The number of hydrogen-bond donors (Lipinski definition) is 0. The molecule has 0 N–H and O–H groups in total. The maximum absolute atomic E-state index is 13.3. The summed E-state index contributed by atoms with van der Waals surface area (Å²) < 4.78 is 41.3. The van der Waals surface area contributed by atoms with Gasteiger partial charge in [-0.2, -0.15) is 5.26 Å². The van der Waals surface area contributed by atoms with Crippen molar-refractivity contribution < 1.29 is 27.8 Å². The summed E-state index contributed by atoms with van der Waals surface area (Å²) in [5, 5.41) is 9.36. The minimum absolute atomic E-state index is 0.0267. The van der Waals surface area contributed by atoms with Crippen LogP contribution >= 0.6 is 0 Å². The first-order chi connectivity index (χ1) is 11.5. The maximum Gasteiger partial charge on any atom is 0.586 e. The zero-order chi connectivity index (χ0) is 17.3. The van der Waals surface area contributed by atoms with Crippen molar-refractivity contribution in [1.29, 1.82) is 5.26 Å². The van der Waals surface area contributed by atoms with Gasteiger partial charge in [-0.1, -0.05) is 24.8 Å². The standard InChI is InChI=1S/C16H10F2N2O4/c1-2-8-22-15(21)20-7-6-10(12(20)9-19)11-4-3-5-13-14(11)24-16(17,18)23-13/h2-7H,1,8H2. The molecule has 0 spiro atoms. The molecule has 0 amide bonds. The third-order valence-electron chi connectivity index (χ3n) is 3.23. The van der Waals surface area contributed by atoms with Crippen LogP contribution in [-0.2, 0) is 4.74 Å². The predicted octanol–water partition coefficient (Wildman–Crippen LogP) is 3.52. The number of halogens is 2. The van der Waals surface area contributed by atoms with E-state index in [9.17, 15) is 18.8 Å². The average Bonchev–Trinajstić information content (AvgIpc) is 3.10. The van der Waals surface area contributed by atoms with Gasteiger partial charge in [0, 0.05) is 17.3 Å². The van der Waals surface area contributed by atoms with E-state index in [-0.39, 0.29) is 34.9 Å². The molecule has 1 aromatic carbocycles. The van der Waals surface area contributed by atoms with Crippen LogP contribution in [0.3, 0.4) is 0 Å². The monoisotopic (exact) mass is 332 g/mol. The number of alkyl halides is 2. The Labute approximate surface area is 135 Å². The minimum Gasteiger partial charge on any atom is -0.445 e. The quantitative estimate of drug-likeness (QED) is 0.804. The number of nitrogens with zero attached hydrogens (tertiary/aromatic N) is 2. The normalized spacial score (nSPS) is 14.0. The van der Waals surface area contributed by atoms with Gasteiger partial charge in [0.2, 0.25) is 0 Å². The van der Waals surface area contributed by atoms with Gasteiger partial charge in [0.15, 0.2) is 11.5 Å². The van der Waals surface area contributed by atoms with Gasteiger partial charge in [0.1, 0.15) is 18.4 Å². The molecule has 1 aromatic heterocycles. The highest BCUT2D eigenvalue weighted by Gasteiger charge is 2.44. The second kappa shape index (κ2) is 5.70. The summed E-state index contributed by atoms with van der Waals surface area (Å²) in [5.74, 6) is -0.348. The molecule has 3 rings (SSSR count). The molecule has 1 aliphatic rings. The first kappa shape index (κ1) is 15.6. The summed E-state index contributed by atoms with van der Waals surface area (Å²) in [5.41, 5.74) is 0.374. The first-order valence-electron chi connectivity index (χ1n) is 6.75. The van der Waals surface area contributed by atoms with E-state index in [0.29, 0.717) is 0 Å². The van der Waals surface area contributed by atoms with Crippen LogP contribution in [0.2, 0.25) is 0 Å². The molecule has 0 aliphatic carbocycles. The van der Waals surface area contributed by atoms with Crippen LogP contribution in [0.1, 0.15) is 5.69 Å². The molecule has 0 atom stereocenters. The summed E-state index contributed by atoms with van der Waals surface area (Å²) >= 11 is 0. The highest BCUT2D eigenvalue weighted by atomic mass is 19.3. The molecule has 0 saturated carbocycles. The lowest BCUT2D eigenvalue weighted by molar-refractivity contribution is -0.286. The Morgan fingerprint density at radius 2 is 2.17 bits per heavy atom. The number of carbonyl (C=O) groups is 1. The highest BCUT2D eigenvalue weighted by molar-refractivity contribution is 5.83. The lowest BCUT2D eigenvalue weighted by Gasteiger charge is -2.07. The molecule has 0 fully saturated rings. The van der Waals surface area contributed by atoms with Crippen LogP contribution in [-0.4, -0.2) is 23.6 Å². The average molecular weight is 332 g/mol. The number of ether oxygens (including phenoxy) is 3. The van der Waals surface area contributed by atoms with Crippen LogP contribution in [0.25, 0.3) is 11.1 Å². The Morgan fingerprint density at radius 3 is 2.88 bits per heavy atom. The Morgan fingerprint density at radius 1 is 1.38 bits per heavy atom. The van der Waals surface area contributed by atoms with Crippen molar-refractivity contribution in [2.24, 2.45) is 0 Å². The van der Waals surface area contributed by atoms with Gasteiger partial charge >= 0.3 is 12.4 Å². The van der Waals surface area contributed by atoms with Crippen LogP contribution in [0, 0.1) is 11.3 Å². The second-order valence-corrected chi connectivity index (χ2v) is 4.73. The van der Waals surface area contributed by atoms with E-state index in [1.165, 1.54) is 36.5 Å². The predicted molar refractivity (Wildman–Crippen MR) is 77.7 cm³/mol. The molecule has 122 valence electrons. The number of carbonyl (C=O) groups excluding carboxylic acids is 1. The number of hydrogen-bond acceptors (Lipinski definition) is 5. The van der Waals surface area contributed by atoms with Gasteiger partial charge in [-0.3, -0.25) is 0 Å². The third kappa shape index (κ3) is 2.56. The van der Waals surface area contributed by atoms with E-state index in [4.69, 9.17) is 4.74 Å². The van der Waals surface area contributed by atoms with E-state index in [2.05, 4.69) is 16.1 Å². The van der Waals surface area contributed by atoms with Crippen molar-refractivity contribution in [3.05, 3.63) is 48.8 Å². The van der Waals surface area contributed by atoms with E-state index < -0.39 is 12.4 Å². The molecule has 0 radical (unpaired) electrons. The summed E-state index contributed by atoms with van der Waals surface area (Å²) in [6, 6.07) is 7.58. The van der Waals surface area contributed by atoms with Crippen molar-refractivity contribution >= 4 is 6.09 Å². The first-order valence-corrected chi connectivity index (χ1v) is 6.75. The molecule has 2 aromatic rings. The van der Waals surface area contributed by atoms with Crippen molar-refractivity contribution in [3.63, 3.8) is 0 Å². The highest BCUT2D eigenvalue weighted by Crippen LogP contribution is 2.47. The van der Waals surface area contributed by atoms with Crippen molar-refractivity contribution in [2.45, 2.75) is 6.29 Å². The number of rotatable bonds is 3. The lowest BCUT2D eigenvalue weighted by Crippen LogP contribution is -2.26. The molecule has 0 saturated heterocycles. The van der Waals surface area contributed by atoms with Gasteiger partial charge in [-0.05, 0) is 12.1 Å². The molecule has 6 nitrogen and oxygen atoms in total. The minimum atomic E-state index is -3.78. The summed E-state index contributed by atoms with van der Waals surface area (Å²) in [4.78, 5) is 11.9. The molecule has 1 aliphatic heterocycles. The van der Waals surface area contributed by atoms with Crippen LogP contribution in [0.15, 0.2) is 43.1 Å². The largest absolute Gasteiger partial charge is 0.586 e. The Kier molecular flexibility index (Phi) is 3.69. The van der Waals surface area contributed by atoms with Gasteiger partial charge in [0.25, 0.3) is 0 Å². The molecule has 8 heteroatoms. The number of fused-ring (bicyclic) bond motifs is 1. The fraction of sp³-hybridized carbons (Fsp3) is 0.125. The van der Waals surface area contributed by atoms with E-state index in [0.717, 1.165) is 4.57 Å². The molecule has 24 heavy (non-hydrogen) atoms. The maximum atomic E-state index is 13.3. The van der Waals surface area contributed by atoms with Crippen LogP contribution < -0.4 is 9.47 Å². The van der Waals surface area contributed by atoms with E-state index >= 15 is 0 Å². The van der Waals surface area contributed by atoms with Crippen molar-refractivity contribution in [1.82, 2.24) is 4.57 Å². The molecular formula is C16H10F2N2O4. The van der Waals surface area contributed by atoms with Crippen LogP contribution in [0.5, 0.6) is 11.5 Å². The third-order valence-corrected chi connectivity index (χ3v) is 3.23. The van der Waals surface area contributed by atoms with Crippen LogP contribution in [0.4, 0.5) is 13.6 Å². The summed E-state index contributed by atoms with van der Waals surface area (Å²) in [6.45, 7) is 3.40. The SMILES string of the molecule is C=CCOC(=O)n1ccc(-c2cccc3c2OC(F)(F)O3)c1C#N. The Hall–Kier alpha value is -3.34. The molecule has 0 bridgehead atoms. The topological polar surface area (TPSA) is 73.5 Å².